The number of aromatic hydroxyl groups is 1. The van der Waals surface area contributed by atoms with Crippen LogP contribution in [0.3, 0.4) is 0 Å². The number of hydrogen-bond donors (Lipinski definition) is 2. The number of para-hydroxylation sites is 1. The van der Waals surface area contributed by atoms with Crippen LogP contribution in [0.4, 0.5) is 5.69 Å². The zero-order chi connectivity index (χ0) is 23.1. The number of fused-ring (bicyclic) bond motifs is 1. The standard InChI is InChI=1S/C28H25NO4/c1-17-7-2-5-12-23(17)29-25(20-10-6-11-22(30)16-20)24(27(32)28(29)33)26(31)21-14-13-18-8-3-4-9-19(18)15-21/h2,5-7,10-16,25,30-31H,3-4,8-9H2,1H3/b26-24-. The SMILES string of the molecule is Cc1ccccc1N1C(=O)C(=O)/C(=C(\O)c2ccc3c(c2)CCCC3)C1c1cccc(O)c1. The second kappa shape index (κ2) is 8.24. The zero-order valence-corrected chi connectivity index (χ0v) is 18.4. The van der Waals surface area contributed by atoms with Crippen molar-refractivity contribution in [2.24, 2.45) is 0 Å². The van der Waals surface area contributed by atoms with E-state index >= 15 is 0 Å². The van der Waals surface area contributed by atoms with Crippen molar-refractivity contribution in [3.8, 4) is 5.75 Å². The van der Waals surface area contributed by atoms with Crippen molar-refractivity contribution in [3.05, 3.63) is 100 Å². The first-order valence-electron chi connectivity index (χ1n) is 11.2. The number of ketones is 1. The number of amides is 1. The van der Waals surface area contributed by atoms with E-state index < -0.39 is 17.7 Å². The normalized spacial score (nSPS) is 19.5. The predicted molar refractivity (Wildman–Crippen MR) is 127 cm³/mol. The van der Waals surface area contributed by atoms with E-state index in [0.717, 1.165) is 31.2 Å². The van der Waals surface area contributed by atoms with Crippen LogP contribution in [0.2, 0.25) is 0 Å². The Kier molecular flexibility index (Phi) is 5.25. The highest BCUT2D eigenvalue weighted by molar-refractivity contribution is 6.51. The molecular weight excluding hydrogens is 414 g/mol. The van der Waals surface area contributed by atoms with Crippen LogP contribution in [0.5, 0.6) is 5.75 Å². The third-order valence-corrected chi connectivity index (χ3v) is 6.63. The minimum absolute atomic E-state index is 0.0247. The monoisotopic (exact) mass is 439 g/mol. The van der Waals surface area contributed by atoms with E-state index in [4.69, 9.17) is 0 Å². The number of benzene rings is 3. The van der Waals surface area contributed by atoms with E-state index in [9.17, 15) is 19.8 Å². The molecule has 1 unspecified atom stereocenters. The Labute approximate surface area is 192 Å². The van der Waals surface area contributed by atoms with Gasteiger partial charge in [0, 0.05) is 11.3 Å². The van der Waals surface area contributed by atoms with Crippen LogP contribution in [-0.2, 0) is 22.4 Å². The molecule has 1 fully saturated rings. The summed E-state index contributed by atoms with van der Waals surface area (Å²) in [6.45, 7) is 1.87. The predicted octanol–water partition coefficient (Wildman–Crippen LogP) is 5.21. The molecule has 33 heavy (non-hydrogen) atoms. The van der Waals surface area contributed by atoms with Gasteiger partial charge in [0.2, 0.25) is 0 Å². The fraction of sp³-hybridized carbons (Fsp3) is 0.214. The van der Waals surface area contributed by atoms with Crippen LogP contribution in [0.15, 0.2) is 72.3 Å². The van der Waals surface area contributed by atoms with E-state index in [1.54, 1.807) is 18.2 Å². The second-order valence-electron chi connectivity index (χ2n) is 8.74. The first kappa shape index (κ1) is 21.0. The van der Waals surface area contributed by atoms with Crippen molar-refractivity contribution in [2.75, 3.05) is 4.90 Å². The summed E-state index contributed by atoms with van der Waals surface area (Å²) in [7, 11) is 0. The summed E-state index contributed by atoms with van der Waals surface area (Å²) in [5.41, 5.74) is 4.98. The Morgan fingerprint density at radius 2 is 1.67 bits per heavy atom. The van der Waals surface area contributed by atoms with Gasteiger partial charge >= 0.3 is 0 Å². The number of aryl methyl sites for hydroxylation is 3. The van der Waals surface area contributed by atoms with Gasteiger partial charge in [0.05, 0.1) is 11.6 Å². The molecule has 2 aliphatic rings. The highest BCUT2D eigenvalue weighted by Gasteiger charge is 2.47. The van der Waals surface area contributed by atoms with Gasteiger partial charge in [0.15, 0.2) is 0 Å². The summed E-state index contributed by atoms with van der Waals surface area (Å²) in [5, 5.41) is 21.5. The molecule has 1 atom stereocenters. The Balaban J connectivity index is 1.72. The molecule has 5 nitrogen and oxygen atoms in total. The van der Waals surface area contributed by atoms with Gasteiger partial charge in [0.25, 0.3) is 11.7 Å². The van der Waals surface area contributed by atoms with E-state index in [1.807, 2.05) is 43.3 Å². The quantitative estimate of drug-likeness (QED) is 0.334. The van der Waals surface area contributed by atoms with E-state index in [1.165, 1.54) is 28.2 Å². The lowest BCUT2D eigenvalue weighted by Gasteiger charge is -2.27. The van der Waals surface area contributed by atoms with Crippen molar-refractivity contribution >= 4 is 23.1 Å². The minimum Gasteiger partial charge on any atom is -0.508 e. The molecule has 1 amide bonds. The third-order valence-electron chi connectivity index (χ3n) is 6.63. The summed E-state index contributed by atoms with van der Waals surface area (Å²) in [6, 6.07) is 18.7. The lowest BCUT2D eigenvalue weighted by Crippen LogP contribution is -2.30. The van der Waals surface area contributed by atoms with Crippen LogP contribution in [0.25, 0.3) is 5.76 Å². The number of hydrogen-bond acceptors (Lipinski definition) is 4. The number of phenolic OH excluding ortho intramolecular Hbond substituents is 1. The fourth-order valence-corrected chi connectivity index (χ4v) is 4.96. The van der Waals surface area contributed by atoms with Gasteiger partial charge in [-0.05, 0) is 79.1 Å². The maximum atomic E-state index is 13.3. The smallest absolute Gasteiger partial charge is 0.300 e. The molecule has 0 aromatic heterocycles. The number of anilines is 1. The summed E-state index contributed by atoms with van der Waals surface area (Å²) in [4.78, 5) is 28.0. The first-order valence-corrected chi connectivity index (χ1v) is 11.2. The van der Waals surface area contributed by atoms with Crippen molar-refractivity contribution in [1.82, 2.24) is 0 Å². The van der Waals surface area contributed by atoms with E-state index in [2.05, 4.69) is 0 Å². The third kappa shape index (κ3) is 3.59. The minimum atomic E-state index is -0.853. The molecule has 1 aliphatic carbocycles. The van der Waals surface area contributed by atoms with Gasteiger partial charge in [-0.15, -0.1) is 0 Å². The highest BCUT2D eigenvalue weighted by Crippen LogP contribution is 2.43. The van der Waals surface area contributed by atoms with Crippen LogP contribution >= 0.6 is 0 Å². The average Bonchev–Trinajstić information content (AvgIpc) is 3.09. The number of aliphatic hydroxyl groups excluding tert-OH is 1. The number of phenols is 1. The molecule has 0 spiro atoms. The van der Waals surface area contributed by atoms with Gasteiger partial charge in [-0.25, -0.2) is 0 Å². The zero-order valence-electron chi connectivity index (χ0n) is 18.4. The van der Waals surface area contributed by atoms with Gasteiger partial charge in [-0.3, -0.25) is 14.5 Å². The largest absolute Gasteiger partial charge is 0.508 e. The lowest BCUT2D eigenvalue weighted by atomic mass is 9.88. The molecule has 0 bridgehead atoms. The van der Waals surface area contributed by atoms with Crippen LogP contribution in [0, 0.1) is 6.92 Å². The molecule has 2 N–H and O–H groups in total. The van der Waals surface area contributed by atoms with Crippen molar-refractivity contribution in [3.63, 3.8) is 0 Å². The number of carbonyl (C=O) groups is 2. The Bertz CT molecular complexity index is 1310. The molecule has 166 valence electrons. The topological polar surface area (TPSA) is 77.8 Å². The summed E-state index contributed by atoms with van der Waals surface area (Å²) in [6.07, 6.45) is 4.19. The average molecular weight is 440 g/mol. The van der Waals surface area contributed by atoms with Crippen LogP contribution < -0.4 is 4.90 Å². The number of Topliss-reactive ketones (excluding diaryl/α,β-unsaturated/α-hetero) is 1. The van der Waals surface area contributed by atoms with E-state index in [0.29, 0.717) is 16.8 Å². The van der Waals surface area contributed by atoms with Crippen molar-refractivity contribution < 1.29 is 19.8 Å². The molecule has 0 saturated carbocycles. The van der Waals surface area contributed by atoms with Gasteiger partial charge in [0.1, 0.15) is 11.5 Å². The van der Waals surface area contributed by atoms with Crippen LogP contribution in [0.1, 0.15) is 46.7 Å². The maximum absolute atomic E-state index is 13.3. The van der Waals surface area contributed by atoms with Crippen LogP contribution in [-0.4, -0.2) is 21.9 Å². The molecule has 3 aromatic rings. The molecule has 0 radical (unpaired) electrons. The molecule has 5 rings (SSSR count). The molecular formula is C28H25NO4. The fourth-order valence-electron chi connectivity index (χ4n) is 4.96. The molecule has 1 saturated heterocycles. The number of rotatable bonds is 3. The maximum Gasteiger partial charge on any atom is 0.300 e. The highest BCUT2D eigenvalue weighted by atomic mass is 16.3. The Morgan fingerprint density at radius 1 is 0.909 bits per heavy atom. The van der Waals surface area contributed by atoms with E-state index in [-0.39, 0.29) is 17.1 Å². The van der Waals surface area contributed by atoms with Gasteiger partial charge < -0.3 is 10.2 Å². The van der Waals surface area contributed by atoms with Crippen molar-refractivity contribution in [2.45, 2.75) is 38.6 Å². The first-order chi connectivity index (χ1) is 16.0. The number of carbonyl (C=O) groups excluding carboxylic acids is 2. The summed E-state index contributed by atoms with van der Waals surface area (Å²) in [5.74, 6) is -1.60. The molecule has 1 heterocycles. The number of aliphatic hydroxyl groups is 1. The van der Waals surface area contributed by atoms with Gasteiger partial charge in [-0.1, -0.05) is 42.5 Å². The van der Waals surface area contributed by atoms with Crippen molar-refractivity contribution in [1.29, 1.82) is 0 Å². The summed E-state index contributed by atoms with van der Waals surface area (Å²) < 4.78 is 0. The Hall–Kier alpha value is -3.86. The lowest BCUT2D eigenvalue weighted by molar-refractivity contribution is -0.132. The summed E-state index contributed by atoms with van der Waals surface area (Å²) >= 11 is 0. The molecule has 1 aliphatic heterocycles. The molecule has 5 heteroatoms. The second-order valence-corrected chi connectivity index (χ2v) is 8.74. The Morgan fingerprint density at radius 3 is 2.42 bits per heavy atom. The van der Waals surface area contributed by atoms with Gasteiger partial charge in [-0.2, -0.15) is 0 Å². The molecule has 3 aromatic carbocycles. The number of nitrogens with zero attached hydrogens (tertiary/aromatic N) is 1.